The van der Waals surface area contributed by atoms with Crippen LogP contribution >= 0.6 is 0 Å². The van der Waals surface area contributed by atoms with E-state index in [1.54, 1.807) is 0 Å². The summed E-state index contributed by atoms with van der Waals surface area (Å²) in [6, 6.07) is 6.74. The zero-order valence-corrected chi connectivity index (χ0v) is 13.6. The van der Waals surface area contributed by atoms with Gasteiger partial charge in [-0.1, -0.05) is 6.07 Å². The maximum atomic E-state index is 12.6. The SMILES string of the molecule is Cc1cc(C(=O)COC(=O)c2cccc(O)c2)c(C)n1CC(F)(F)F. The Morgan fingerprint density at radius 1 is 1.20 bits per heavy atom. The van der Waals surface area contributed by atoms with Crippen LogP contribution in [0.5, 0.6) is 5.75 Å². The van der Waals surface area contributed by atoms with Crippen molar-refractivity contribution >= 4 is 11.8 Å². The zero-order chi connectivity index (χ0) is 18.8. The molecule has 1 heterocycles. The lowest BCUT2D eigenvalue weighted by atomic mass is 10.1. The van der Waals surface area contributed by atoms with Gasteiger partial charge in [-0.25, -0.2) is 4.79 Å². The van der Waals surface area contributed by atoms with Crippen molar-refractivity contribution in [1.82, 2.24) is 4.57 Å². The average molecular weight is 355 g/mol. The van der Waals surface area contributed by atoms with Gasteiger partial charge in [-0.05, 0) is 38.1 Å². The first-order valence-corrected chi connectivity index (χ1v) is 7.31. The molecule has 0 atom stereocenters. The number of nitrogens with zero attached hydrogens (tertiary/aromatic N) is 1. The number of alkyl halides is 3. The molecule has 0 spiro atoms. The van der Waals surface area contributed by atoms with E-state index in [1.807, 2.05) is 0 Å². The zero-order valence-electron chi connectivity index (χ0n) is 13.6. The normalized spacial score (nSPS) is 11.4. The Balaban J connectivity index is 2.09. The fourth-order valence-electron chi connectivity index (χ4n) is 2.43. The van der Waals surface area contributed by atoms with E-state index < -0.39 is 31.1 Å². The first-order chi connectivity index (χ1) is 11.6. The van der Waals surface area contributed by atoms with Gasteiger partial charge in [-0.15, -0.1) is 0 Å². The van der Waals surface area contributed by atoms with Crippen molar-refractivity contribution in [3.63, 3.8) is 0 Å². The molecular formula is C17H16F3NO4. The number of aromatic nitrogens is 1. The molecule has 0 aliphatic rings. The molecule has 0 amide bonds. The third kappa shape index (κ3) is 4.62. The molecule has 134 valence electrons. The number of halogens is 3. The summed E-state index contributed by atoms with van der Waals surface area (Å²) in [6.45, 7) is 1.07. The van der Waals surface area contributed by atoms with E-state index in [9.17, 15) is 27.9 Å². The number of phenolic OH excluding ortho intramolecular Hbond substituents is 1. The highest BCUT2D eigenvalue weighted by atomic mass is 19.4. The average Bonchev–Trinajstić information content (AvgIpc) is 2.79. The molecule has 2 aromatic rings. The van der Waals surface area contributed by atoms with E-state index in [-0.39, 0.29) is 28.3 Å². The van der Waals surface area contributed by atoms with Crippen molar-refractivity contribution in [3.8, 4) is 5.75 Å². The highest BCUT2D eigenvalue weighted by molar-refractivity contribution is 6.00. The first kappa shape index (κ1) is 18.6. The third-order valence-corrected chi connectivity index (χ3v) is 3.63. The number of carbonyl (C=O) groups excluding carboxylic acids is 2. The number of aromatic hydroxyl groups is 1. The number of ketones is 1. The summed E-state index contributed by atoms with van der Waals surface area (Å²) in [5.41, 5.74) is 0.589. The molecule has 0 aliphatic heterocycles. The maximum absolute atomic E-state index is 12.6. The Morgan fingerprint density at radius 2 is 1.88 bits per heavy atom. The summed E-state index contributed by atoms with van der Waals surface area (Å²) < 4.78 is 43.6. The molecule has 8 heteroatoms. The van der Waals surface area contributed by atoms with Crippen molar-refractivity contribution in [1.29, 1.82) is 0 Å². The predicted octanol–water partition coefficient (Wildman–Crippen LogP) is 3.41. The Morgan fingerprint density at radius 3 is 2.48 bits per heavy atom. The van der Waals surface area contributed by atoms with Crippen LogP contribution in [0.15, 0.2) is 30.3 Å². The first-order valence-electron chi connectivity index (χ1n) is 7.31. The molecule has 0 aliphatic carbocycles. The van der Waals surface area contributed by atoms with Crippen LogP contribution in [-0.4, -0.2) is 34.2 Å². The molecular weight excluding hydrogens is 339 g/mol. The number of ether oxygens (including phenoxy) is 1. The lowest BCUT2D eigenvalue weighted by Gasteiger charge is -2.12. The van der Waals surface area contributed by atoms with Gasteiger partial charge in [0.25, 0.3) is 0 Å². The number of carbonyl (C=O) groups is 2. The van der Waals surface area contributed by atoms with Gasteiger partial charge in [0.1, 0.15) is 12.3 Å². The van der Waals surface area contributed by atoms with Gasteiger partial charge >= 0.3 is 12.1 Å². The van der Waals surface area contributed by atoms with Crippen molar-refractivity contribution in [2.45, 2.75) is 26.6 Å². The second-order valence-corrected chi connectivity index (χ2v) is 5.54. The molecule has 0 radical (unpaired) electrons. The van der Waals surface area contributed by atoms with Gasteiger partial charge < -0.3 is 14.4 Å². The molecule has 5 nitrogen and oxygen atoms in total. The van der Waals surface area contributed by atoms with Crippen LogP contribution in [0, 0.1) is 13.8 Å². The molecule has 0 bridgehead atoms. The van der Waals surface area contributed by atoms with E-state index in [0.717, 1.165) is 4.57 Å². The minimum absolute atomic E-state index is 0.0651. The van der Waals surface area contributed by atoms with Crippen LogP contribution in [0.3, 0.4) is 0 Å². The number of Topliss-reactive ketones (excluding diaryl/α,β-unsaturated/α-hetero) is 1. The Hall–Kier alpha value is -2.77. The highest BCUT2D eigenvalue weighted by Crippen LogP contribution is 2.23. The lowest BCUT2D eigenvalue weighted by molar-refractivity contribution is -0.141. The molecule has 0 saturated carbocycles. The fraction of sp³-hybridized carbons (Fsp3) is 0.294. The molecule has 1 aromatic heterocycles. The standard InChI is InChI=1S/C17H16F3NO4/c1-10-6-14(11(2)21(10)9-17(18,19)20)15(23)8-25-16(24)12-4-3-5-13(22)7-12/h3-7,22H,8-9H2,1-2H3. The fourth-order valence-corrected chi connectivity index (χ4v) is 2.43. The minimum atomic E-state index is -4.41. The van der Waals surface area contributed by atoms with Gasteiger partial charge in [-0.2, -0.15) is 13.2 Å². The van der Waals surface area contributed by atoms with Crippen molar-refractivity contribution in [2.24, 2.45) is 0 Å². The molecule has 25 heavy (non-hydrogen) atoms. The van der Waals surface area contributed by atoms with E-state index in [0.29, 0.717) is 0 Å². The third-order valence-electron chi connectivity index (χ3n) is 3.63. The summed E-state index contributed by atoms with van der Waals surface area (Å²) in [6.07, 6.45) is -4.41. The van der Waals surface area contributed by atoms with Crippen molar-refractivity contribution < 1.29 is 32.6 Å². The summed E-state index contributed by atoms with van der Waals surface area (Å²) in [7, 11) is 0. The number of rotatable bonds is 5. The monoisotopic (exact) mass is 355 g/mol. The van der Waals surface area contributed by atoms with Gasteiger partial charge in [0.15, 0.2) is 6.61 Å². The second-order valence-electron chi connectivity index (χ2n) is 5.54. The topological polar surface area (TPSA) is 68.5 Å². The van der Waals surface area contributed by atoms with Crippen LogP contribution in [-0.2, 0) is 11.3 Å². The second kappa shape index (κ2) is 7.00. The molecule has 0 fully saturated rings. The molecule has 1 N–H and O–H groups in total. The Labute approximate surface area is 141 Å². The van der Waals surface area contributed by atoms with Crippen molar-refractivity contribution in [2.75, 3.05) is 6.61 Å². The smallest absolute Gasteiger partial charge is 0.406 e. The molecule has 0 unspecified atom stereocenters. The number of phenols is 1. The van der Waals surface area contributed by atoms with Crippen LogP contribution in [0.4, 0.5) is 13.2 Å². The number of hydrogen-bond acceptors (Lipinski definition) is 4. The van der Waals surface area contributed by atoms with Crippen LogP contribution in [0.25, 0.3) is 0 Å². The maximum Gasteiger partial charge on any atom is 0.406 e. The number of aryl methyl sites for hydroxylation is 1. The van der Waals surface area contributed by atoms with Gasteiger partial charge in [0.2, 0.25) is 5.78 Å². The predicted molar refractivity (Wildman–Crippen MR) is 82.7 cm³/mol. The number of hydrogen-bond donors (Lipinski definition) is 1. The largest absolute Gasteiger partial charge is 0.508 e. The Bertz CT molecular complexity index is 809. The van der Waals surface area contributed by atoms with E-state index in [1.165, 1.54) is 44.2 Å². The molecule has 1 aromatic carbocycles. The lowest BCUT2D eigenvalue weighted by Crippen LogP contribution is -2.20. The van der Waals surface area contributed by atoms with E-state index in [2.05, 4.69) is 0 Å². The quantitative estimate of drug-likeness (QED) is 0.659. The number of benzene rings is 1. The molecule has 2 rings (SSSR count). The van der Waals surface area contributed by atoms with Crippen molar-refractivity contribution in [3.05, 3.63) is 52.8 Å². The minimum Gasteiger partial charge on any atom is -0.508 e. The van der Waals surface area contributed by atoms with Gasteiger partial charge in [-0.3, -0.25) is 4.79 Å². The number of esters is 1. The van der Waals surface area contributed by atoms with Gasteiger partial charge in [0, 0.05) is 17.0 Å². The summed E-state index contributed by atoms with van der Waals surface area (Å²) in [5.74, 6) is -1.54. The Kier molecular flexibility index (Phi) is 5.20. The van der Waals surface area contributed by atoms with E-state index >= 15 is 0 Å². The van der Waals surface area contributed by atoms with Crippen LogP contribution in [0.1, 0.15) is 32.1 Å². The summed E-state index contributed by atoms with van der Waals surface area (Å²) in [5, 5.41) is 9.31. The summed E-state index contributed by atoms with van der Waals surface area (Å²) >= 11 is 0. The van der Waals surface area contributed by atoms with Crippen LogP contribution in [0.2, 0.25) is 0 Å². The molecule has 0 saturated heterocycles. The van der Waals surface area contributed by atoms with Gasteiger partial charge in [0.05, 0.1) is 5.56 Å². The summed E-state index contributed by atoms with van der Waals surface area (Å²) in [4.78, 5) is 24.0. The van der Waals surface area contributed by atoms with E-state index in [4.69, 9.17) is 4.74 Å². The van der Waals surface area contributed by atoms with Crippen LogP contribution < -0.4 is 0 Å². The highest BCUT2D eigenvalue weighted by Gasteiger charge is 2.30.